The maximum absolute atomic E-state index is 11.2. The Balaban J connectivity index is 1.62. The molecule has 0 radical (unpaired) electrons. The van der Waals surface area contributed by atoms with Crippen LogP contribution in [-0.2, 0) is 9.53 Å². The molecular formula is C15H22N2O4. The van der Waals surface area contributed by atoms with Gasteiger partial charge in [0.1, 0.15) is 6.61 Å². The van der Waals surface area contributed by atoms with Crippen LogP contribution in [0.2, 0.25) is 0 Å². The fourth-order valence-electron chi connectivity index (χ4n) is 4.00. The highest BCUT2D eigenvalue weighted by Gasteiger charge is 2.42. The summed E-state index contributed by atoms with van der Waals surface area (Å²) >= 11 is 0. The van der Waals surface area contributed by atoms with E-state index >= 15 is 0 Å². The van der Waals surface area contributed by atoms with E-state index in [1.165, 1.54) is 4.90 Å². The van der Waals surface area contributed by atoms with Gasteiger partial charge >= 0.3 is 12.1 Å². The van der Waals surface area contributed by atoms with Crippen molar-refractivity contribution in [3.05, 3.63) is 11.8 Å². The Morgan fingerprint density at radius 3 is 2.52 bits per heavy atom. The molecule has 0 saturated carbocycles. The summed E-state index contributed by atoms with van der Waals surface area (Å²) in [4.78, 5) is 26.0. The monoisotopic (exact) mass is 294 g/mol. The predicted octanol–water partition coefficient (Wildman–Crippen LogP) is 1.67. The SMILES string of the molecule is CC1CC2(CCN(C(=O)O)CC2)CCN1C1=CC(=O)OC1. The van der Waals surface area contributed by atoms with Crippen LogP contribution in [-0.4, -0.2) is 59.3 Å². The number of esters is 1. The van der Waals surface area contributed by atoms with Crippen LogP contribution in [0, 0.1) is 5.41 Å². The van der Waals surface area contributed by atoms with E-state index in [1.54, 1.807) is 6.08 Å². The minimum Gasteiger partial charge on any atom is -0.465 e. The molecule has 1 spiro atoms. The quantitative estimate of drug-likeness (QED) is 0.745. The van der Waals surface area contributed by atoms with Gasteiger partial charge in [-0.25, -0.2) is 9.59 Å². The molecule has 6 nitrogen and oxygen atoms in total. The van der Waals surface area contributed by atoms with Crippen molar-refractivity contribution in [2.75, 3.05) is 26.2 Å². The number of rotatable bonds is 1. The summed E-state index contributed by atoms with van der Waals surface area (Å²) in [6.45, 7) is 4.80. The fourth-order valence-corrected chi connectivity index (χ4v) is 4.00. The number of cyclic esters (lactones) is 1. The molecule has 1 amide bonds. The highest BCUT2D eigenvalue weighted by molar-refractivity contribution is 5.85. The Labute approximate surface area is 124 Å². The number of ether oxygens (including phenoxy) is 1. The summed E-state index contributed by atoms with van der Waals surface area (Å²) in [5, 5.41) is 9.05. The molecule has 3 heterocycles. The van der Waals surface area contributed by atoms with Gasteiger partial charge in [-0.2, -0.15) is 0 Å². The summed E-state index contributed by atoms with van der Waals surface area (Å²) < 4.78 is 5.00. The molecule has 0 aromatic heterocycles. The van der Waals surface area contributed by atoms with Gasteiger partial charge < -0.3 is 19.6 Å². The van der Waals surface area contributed by atoms with Crippen LogP contribution in [0.15, 0.2) is 11.8 Å². The van der Waals surface area contributed by atoms with Crippen molar-refractivity contribution >= 4 is 12.1 Å². The number of carbonyl (C=O) groups is 2. The number of piperidine rings is 2. The smallest absolute Gasteiger partial charge is 0.407 e. The normalized spacial score (nSPS) is 28.5. The van der Waals surface area contributed by atoms with Crippen LogP contribution < -0.4 is 0 Å². The van der Waals surface area contributed by atoms with Crippen molar-refractivity contribution < 1.29 is 19.4 Å². The van der Waals surface area contributed by atoms with Gasteiger partial charge in [0.25, 0.3) is 0 Å². The Bertz CT molecular complexity index is 480. The van der Waals surface area contributed by atoms with Crippen LogP contribution in [0.3, 0.4) is 0 Å². The molecule has 3 aliphatic rings. The highest BCUT2D eigenvalue weighted by Crippen LogP contribution is 2.44. The van der Waals surface area contributed by atoms with Crippen molar-refractivity contribution in [3.63, 3.8) is 0 Å². The van der Waals surface area contributed by atoms with Crippen molar-refractivity contribution in [2.24, 2.45) is 5.41 Å². The first kappa shape index (κ1) is 14.2. The summed E-state index contributed by atoms with van der Waals surface area (Å²) in [7, 11) is 0. The van der Waals surface area contributed by atoms with E-state index in [4.69, 9.17) is 9.84 Å². The van der Waals surface area contributed by atoms with E-state index in [2.05, 4.69) is 11.8 Å². The van der Waals surface area contributed by atoms with Gasteiger partial charge in [-0.15, -0.1) is 0 Å². The molecule has 1 atom stereocenters. The Morgan fingerprint density at radius 2 is 2.00 bits per heavy atom. The van der Waals surface area contributed by atoms with Gasteiger partial charge in [-0.3, -0.25) is 0 Å². The molecule has 21 heavy (non-hydrogen) atoms. The van der Waals surface area contributed by atoms with Gasteiger partial charge in [0.2, 0.25) is 0 Å². The lowest BCUT2D eigenvalue weighted by atomic mass is 9.69. The van der Waals surface area contributed by atoms with Crippen molar-refractivity contribution in [3.8, 4) is 0 Å². The average Bonchev–Trinajstić information content (AvgIpc) is 2.86. The Kier molecular flexibility index (Phi) is 3.55. The van der Waals surface area contributed by atoms with Gasteiger partial charge in [-0.1, -0.05) is 0 Å². The number of carboxylic acid groups (broad SMARTS) is 1. The maximum Gasteiger partial charge on any atom is 0.407 e. The highest BCUT2D eigenvalue weighted by atomic mass is 16.5. The molecule has 0 aromatic carbocycles. The van der Waals surface area contributed by atoms with Crippen molar-refractivity contribution in [2.45, 2.75) is 38.6 Å². The van der Waals surface area contributed by atoms with Crippen molar-refractivity contribution in [1.82, 2.24) is 9.80 Å². The van der Waals surface area contributed by atoms with E-state index in [1.807, 2.05) is 0 Å². The molecular weight excluding hydrogens is 272 g/mol. The van der Waals surface area contributed by atoms with Crippen LogP contribution in [0.4, 0.5) is 4.79 Å². The lowest BCUT2D eigenvalue weighted by Crippen LogP contribution is -2.50. The van der Waals surface area contributed by atoms with Gasteiger partial charge in [0, 0.05) is 31.8 Å². The lowest BCUT2D eigenvalue weighted by molar-refractivity contribution is -0.135. The van der Waals surface area contributed by atoms with E-state index in [0.29, 0.717) is 25.7 Å². The second kappa shape index (κ2) is 5.24. The fraction of sp³-hybridized carbons (Fsp3) is 0.733. The number of hydrogen-bond acceptors (Lipinski definition) is 4. The molecule has 6 heteroatoms. The predicted molar refractivity (Wildman–Crippen MR) is 75.7 cm³/mol. The first-order valence-electron chi connectivity index (χ1n) is 7.61. The van der Waals surface area contributed by atoms with Crippen LogP contribution in [0.1, 0.15) is 32.6 Å². The number of hydrogen-bond donors (Lipinski definition) is 1. The standard InChI is InChI=1S/C15H22N2O4/c1-11-9-15(2-5-16(6-3-15)14(19)20)4-7-17(11)12-8-13(18)21-10-12/h8,11H,2-7,9-10H2,1H3,(H,19,20). The number of amides is 1. The van der Waals surface area contributed by atoms with Crippen LogP contribution in [0.5, 0.6) is 0 Å². The summed E-state index contributed by atoms with van der Waals surface area (Å²) in [6.07, 6.45) is 4.82. The van der Waals surface area contributed by atoms with Crippen LogP contribution >= 0.6 is 0 Å². The first-order valence-corrected chi connectivity index (χ1v) is 7.61. The molecule has 1 N–H and O–H groups in total. The van der Waals surface area contributed by atoms with E-state index in [9.17, 15) is 9.59 Å². The zero-order valence-electron chi connectivity index (χ0n) is 12.4. The van der Waals surface area contributed by atoms with E-state index < -0.39 is 6.09 Å². The number of likely N-dealkylation sites (tertiary alicyclic amines) is 2. The van der Waals surface area contributed by atoms with E-state index in [-0.39, 0.29) is 11.4 Å². The molecule has 1 unspecified atom stereocenters. The average molecular weight is 294 g/mol. The van der Waals surface area contributed by atoms with Crippen LogP contribution in [0.25, 0.3) is 0 Å². The zero-order valence-corrected chi connectivity index (χ0v) is 12.4. The van der Waals surface area contributed by atoms with Gasteiger partial charge in [-0.05, 0) is 38.0 Å². The second-order valence-corrected chi connectivity index (χ2v) is 6.51. The van der Waals surface area contributed by atoms with Gasteiger partial charge in [0.15, 0.2) is 0 Å². The molecule has 3 aliphatic heterocycles. The minimum atomic E-state index is -0.804. The Morgan fingerprint density at radius 1 is 1.33 bits per heavy atom. The molecule has 3 rings (SSSR count). The largest absolute Gasteiger partial charge is 0.465 e. The summed E-state index contributed by atoms with van der Waals surface area (Å²) in [5.41, 5.74) is 1.26. The lowest BCUT2D eigenvalue weighted by Gasteiger charge is -2.50. The minimum absolute atomic E-state index is 0.243. The first-order chi connectivity index (χ1) is 9.99. The topological polar surface area (TPSA) is 70.1 Å². The third-order valence-corrected chi connectivity index (χ3v) is 5.25. The molecule has 0 aliphatic carbocycles. The maximum atomic E-state index is 11.2. The Hall–Kier alpha value is -1.72. The molecule has 2 fully saturated rings. The summed E-state index contributed by atoms with van der Waals surface area (Å²) in [6, 6.07) is 0.371. The number of nitrogens with zero attached hydrogens (tertiary/aromatic N) is 2. The molecule has 116 valence electrons. The third kappa shape index (κ3) is 2.71. The summed E-state index contributed by atoms with van der Waals surface area (Å²) in [5.74, 6) is -0.243. The van der Waals surface area contributed by atoms with E-state index in [0.717, 1.165) is 37.9 Å². The number of carbonyl (C=O) groups excluding carboxylic acids is 1. The molecule has 2 saturated heterocycles. The zero-order chi connectivity index (χ0) is 15.0. The molecule has 0 aromatic rings. The van der Waals surface area contributed by atoms with Crippen molar-refractivity contribution in [1.29, 1.82) is 0 Å². The second-order valence-electron chi connectivity index (χ2n) is 6.51. The van der Waals surface area contributed by atoms with Gasteiger partial charge in [0.05, 0.1) is 5.70 Å². The third-order valence-electron chi connectivity index (χ3n) is 5.25. The molecule has 0 bridgehead atoms.